The lowest BCUT2D eigenvalue weighted by atomic mass is 10.2. The molecule has 0 heterocycles. The number of hydrogen-bond acceptors (Lipinski definition) is 3. The Morgan fingerprint density at radius 2 is 1.94 bits per heavy atom. The molecule has 0 aromatic heterocycles. The Labute approximate surface area is 104 Å². The zero-order valence-electron chi connectivity index (χ0n) is 11.0. The zero-order chi connectivity index (χ0) is 12.5. The van der Waals surface area contributed by atoms with Crippen molar-refractivity contribution in [1.82, 2.24) is 0 Å². The lowest BCUT2D eigenvalue weighted by Gasteiger charge is -2.10. The lowest BCUT2D eigenvalue weighted by molar-refractivity contribution is 0.340. The molecule has 0 bridgehead atoms. The Hall–Kier alpha value is -1.38. The highest BCUT2D eigenvalue weighted by molar-refractivity contribution is 5.59. The molecule has 1 rings (SSSR count). The minimum atomic E-state index is 0.666. The molecule has 0 aliphatic carbocycles. The number of rotatable bonds is 8. The summed E-state index contributed by atoms with van der Waals surface area (Å²) in [4.78, 5) is 0. The standard InChI is InChI=1S/C14H24N2O/c1-3-5-6-7-8-16-13-9-12(15)10-14(11-13)17-4-2/h9-11,16H,3-8,15H2,1-2H3. The Morgan fingerprint density at radius 3 is 2.65 bits per heavy atom. The summed E-state index contributed by atoms with van der Waals surface area (Å²) >= 11 is 0. The van der Waals surface area contributed by atoms with Crippen LogP contribution in [0.25, 0.3) is 0 Å². The molecule has 0 radical (unpaired) electrons. The summed E-state index contributed by atoms with van der Waals surface area (Å²) < 4.78 is 5.45. The third-order valence-electron chi connectivity index (χ3n) is 2.60. The van der Waals surface area contributed by atoms with Crippen LogP contribution in [0.4, 0.5) is 11.4 Å². The minimum absolute atomic E-state index is 0.666. The van der Waals surface area contributed by atoms with Crippen LogP contribution in [0.2, 0.25) is 0 Å². The Balaban J connectivity index is 2.41. The monoisotopic (exact) mass is 236 g/mol. The van der Waals surface area contributed by atoms with Crippen LogP contribution in [0.5, 0.6) is 5.75 Å². The first-order chi connectivity index (χ1) is 8.26. The van der Waals surface area contributed by atoms with E-state index in [9.17, 15) is 0 Å². The first-order valence-corrected chi connectivity index (χ1v) is 6.53. The number of nitrogen functional groups attached to an aromatic ring is 1. The van der Waals surface area contributed by atoms with Crippen molar-refractivity contribution < 1.29 is 4.74 Å². The lowest BCUT2D eigenvalue weighted by Crippen LogP contribution is -2.03. The molecule has 0 aliphatic heterocycles. The van der Waals surface area contributed by atoms with E-state index in [4.69, 9.17) is 10.5 Å². The molecule has 1 aromatic rings. The molecule has 0 spiro atoms. The molecule has 3 heteroatoms. The van der Waals surface area contributed by atoms with Crippen LogP contribution in [0, 0.1) is 0 Å². The van der Waals surface area contributed by atoms with E-state index in [0.717, 1.165) is 23.7 Å². The molecule has 96 valence electrons. The van der Waals surface area contributed by atoms with Gasteiger partial charge in [-0.15, -0.1) is 0 Å². The number of unbranched alkanes of at least 4 members (excludes halogenated alkanes) is 3. The summed E-state index contributed by atoms with van der Waals surface area (Å²) in [6, 6.07) is 5.80. The first kappa shape index (κ1) is 13.7. The molecular formula is C14H24N2O. The first-order valence-electron chi connectivity index (χ1n) is 6.53. The largest absolute Gasteiger partial charge is 0.494 e. The zero-order valence-corrected chi connectivity index (χ0v) is 11.0. The molecule has 1 aromatic carbocycles. The quantitative estimate of drug-likeness (QED) is 0.535. The highest BCUT2D eigenvalue weighted by atomic mass is 16.5. The highest BCUT2D eigenvalue weighted by Gasteiger charge is 1.99. The number of benzene rings is 1. The van der Waals surface area contributed by atoms with Gasteiger partial charge in [0.2, 0.25) is 0 Å². The number of nitrogens with two attached hydrogens (primary N) is 1. The average Bonchev–Trinajstić information content (AvgIpc) is 2.28. The summed E-state index contributed by atoms with van der Waals surface area (Å²) in [7, 11) is 0. The van der Waals surface area contributed by atoms with E-state index < -0.39 is 0 Å². The second-order valence-electron chi connectivity index (χ2n) is 4.21. The summed E-state index contributed by atoms with van der Waals surface area (Å²) in [6.07, 6.45) is 5.06. The molecule has 0 atom stereocenters. The van der Waals surface area contributed by atoms with Gasteiger partial charge in [0, 0.05) is 30.1 Å². The predicted molar refractivity (Wildman–Crippen MR) is 74.7 cm³/mol. The van der Waals surface area contributed by atoms with Crippen LogP contribution >= 0.6 is 0 Å². The van der Waals surface area contributed by atoms with Crippen LogP contribution in [0.15, 0.2) is 18.2 Å². The third kappa shape index (κ3) is 5.48. The van der Waals surface area contributed by atoms with E-state index in [-0.39, 0.29) is 0 Å². The van der Waals surface area contributed by atoms with Gasteiger partial charge in [-0.05, 0) is 19.4 Å². The van der Waals surface area contributed by atoms with Crippen LogP contribution in [0.3, 0.4) is 0 Å². The van der Waals surface area contributed by atoms with Gasteiger partial charge in [0.1, 0.15) is 5.75 Å². The maximum Gasteiger partial charge on any atom is 0.123 e. The van der Waals surface area contributed by atoms with Crippen molar-refractivity contribution in [1.29, 1.82) is 0 Å². The molecule has 0 aliphatic rings. The van der Waals surface area contributed by atoms with Crippen LogP contribution in [0.1, 0.15) is 39.5 Å². The van der Waals surface area contributed by atoms with Gasteiger partial charge in [0.05, 0.1) is 6.61 Å². The Bertz CT molecular complexity index is 326. The smallest absolute Gasteiger partial charge is 0.123 e. The van der Waals surface area contributed by atoms with Gasteiger partial charge in [-0.2, -0.15) is 0 Å². The van der Waals surface area contributed by atoms with Gasteiger partial charge < -0.3 is 15.8 Å². The molecule has 0 amide bonds. The molecular weight excluding hydrogens is 212 g/mol. The van der Waals surface area contributed by atoms with E-state index in [1.807, 2.05) is 25.1 Å². The summed E-state index contributed by atoms with van der Waals surface area (Å²) in [5, 5.41) is 3.38. The van der Waals surface area contributed by atoms with Gasteiger partial charge >= 0.3 is 0 Å². The fourth-order valence-corrected chi connectivity index (χ4v) is 1.76. The van der Waals surface area contributed by atoms with Gasteiger partial charge in [-0.1, -0.05) is 26.2 Å². The molecule has 0 saturated heterocycles. The fourth-order valence-electron chi connectivity index (χ4n) is 1.76. The Kier molecular flexibility index (Phi) is 6.30. The molecule has 17 heavy (non-hydrogen) atoms. The van der Waals surface area contributed by atoms with E-state index in [2.05, 4.69) is 12.2 Å². The predicted octanol–water partition coefficient (Wildman–Crippen LogP) is 3.66. The fraction of sp³-hybridized carbons (Fsp3) is 0.571. The van der Waals surface area contributed by atoms with Gasteiger partial charge in [0.15, 0.2) is 0 Å². The van der Waals surface area contributed by atoms with E-state index in [1.54, 1.807) is 0 Å². The number of anilines is 2. The minimum Gasteiger partial charge on any atom is -0.494 e. The Morgan fingerprint density at radius 1 is 1.12 bits per heavy atom. The SMILES string of the molecule is CCCCCCNc1cc(N)cc(OCC)c1. The topological polar surface area (TPSA) is 47.3 Å². The van der Waals surface area contributed by atoms with Crippen LogP contribution < -0.4 is 15.8 Å². The number of nitrogens with one attached hydrogen (secondary N) is 1. The summed E-state index contributed by atoms with van der Waals surface area (Å²) in [6.45, 7) is 5.86. The van der Waals surface area contributed by atoms with Crippen molar-refractivity contribution in [3.05, 3.63) is 18.2 Å². The van der Waals surface area contributed by atoms with E-state index in [0.29, 0.717) is 6.61 Å². The average molecular weight is 236 g/mol. The van der Waals surface area contributed by atoms with Crippen molar-refractivity contribution in [2.75, 3.05) is 24.2 Å². The van der Waals surface area contributed by atoms with Crippen molar-refractivity contribution in [3.8, 4) is 5.75 Å². The van der Waals surface area contributed by atoms with Gasteiger partial charge in [0.25, 0.3) is 0 Å². The van der Waals surface area contributed by atoms with E-state index >= 15 is 0 Å². The van der Waals surface area contributed by atoms with Gasteiger partial charge in [-0.25, -0.2) is 0 Å². The summed E-state index contributed by atoms with van der Waals surface area (Å²) in [5.74, 6) is 0.837. The molecule has 3 N–H and O–H groups in total. The number of ether oxygens (including phenoxy) is 1. The van der Waals surface area contributed by atoms with Crippen molar-refractivity contribution in [2.24, 2.45) is 0 Å². The van der Waals surface area contributed by atoms with Gasteiger partial charge in [-0.3, -0.25) is 0 Å². The maximum absolute atomic E-state index is 5.82. The second kappa shape index (κ2) is 7.82. The van der Waals surface area contributed by atoms with Crippen LogP contribution in [-0.2, 0) is 0 Å². The highest BCUT2D eigenvalue weighted by Crippen LogP contribution is 2.22. The molecule has 3 nitrogen and oxygen atoms in total. The normalized spacial score (nSPS) is 10.2. The molecule has 0 unspecified atom stereocenters. The van der Waals surface area contributed by atoms with Crippen molar-refractivity contribution in [2.45, 2.75) is 39.5 Å². The maximum atomic E-state index is 5.82. The van der Waals surface area contributed by atoms with Crippen LogP contribution in [-0.4, -0.2) is 13.2 Å². The number of hydrogen-bond donors (Lipinski definition) is 2. The van der Waals surface area contributed by atoms with Crippen molar-refractivity contribution >= 4 is 11.4 Å². The van der Waals surface area contributed by atoms with E-state index in [1.165, 1.54) is 25.7 Å². The second-order valence-corrected chi connectivity index (χ2v) is 4.21. The molecule has 0 fully saturated rings. The third-order valence-corrected chi connectivity index (χ3v) is 2.60. The summed E-state index contributed by atoms with van der Waals surface area (Å²) in [5.41, 5.74) is 7.61. The molecule has 0 saturated carbocycles. The van der Waals surface area contributed by atoms with Crippen molar-refractivity contribution in [3.63, 3.8) is 0 Å².